The van der Waals surface area contributed by atoms with Gasteiger partial charge >= 0.3 is 0 Å². The second kappa shape index (κ2) is 5.06. The van der Waals surface area contributed by atoms with E-state index in [0.717, 1.165) is 20.7 Å². The average Bonchev–Trinajstić information content (AvgIpc) is 2.65. The van der Waals surface area contributed by atoms with Crippen molar-refractivity contribution in [1.82, 2.24) is 15.0 Å². The van der Waals surface area contributed by atoms with E-state index in [9.17, 15) is 0 Å². The molecule has 0 saturated carbocycles. The zero-order valence-corrected chi connectivity index (χ0v) is 13.2. The second-order valence-corrected chi connectivity index (χ2v) is 8.23. The van der Waals surface area contributed by atoms with E-state index in [1.54, 1.807) is 0 Å². The van der Waals surface area contributed by atoms with E-state index in [0.29, 0.717) is 11.2 Å². The van der Waals surface area contributed by atoms with Crippen LogP contribution in [-0.4, -0.2) is 26.8 Å². The molecule has 0 N–H and O–H groups in total. The first kappa shape index (κ1) is 14.6. The van der Waals surface area contributed by atoms with Gasteiger partial charge in [0.15, 0.2) is 0 Å². The highest BCUT2D eigenvalue weighted by Crippen LogP contribution is 2.40. The van der Waals surface area contributed by atoms with Crippen molar-refractivity contribution in [3.63, 3.8) is 0 Å². The summed E-state index contributed by atoms with van der Waals surface area (Å²) in [6, 6.07) is 0.383. The first-order chi connectivity index (χ1) is 7.68. The summed E-state index contributed by atoms with van der Waals surface area (Å²) in [6.07, 6.45) is 3.24. The standard InChI is InChI=1S/C13H26N3P/c1-10(2)16-8-11(14-15-16)12(3,4)9-13(5,6)17-7/h8,10,17H,9H2,1-7H3. The van der Waals surface area contributed by atoms with E-state index >= 15 is 0 Å². The SMILES string of the molecule is CPC(C)(C)CC(C)(C)c1cn(C(C)C)nn1. The van der Waals surface area contributed by atoms with Gasteiger partial charge in [-0.25, -0.2) is 4.68 Å². The minimum atomic E-state index is 0.0969. The zero-order chi connectivity index (χ0) is 13.3. The molecule has 0 aliphatic carbocycles. The Bertz CT molecular complexity index is 366. The molecule has 1 aromatic heterocycles. The van der Waals surface area contributed by atoms with Gasteiger partial charge in [0, 0.05) is 17.7 Å². The highest BCUT2D eigenvalue weighted by atomic mass is 31.1. The van der Waals surface area contributed by atoms with Crippen LogP contribution in [0, 0.1) is 0 Å². The molecule has 0 aliphatic rings. The first-order valence-corrected chi connectivity index (χ1v) is 7.79. The normalized spacial score (nSPS) is 14.1. The Balaban J connectivity index is 2.89. The summed E-state index contributed by atoms with van der Waals surface area (Å²) in [6.45, 7) is 15.7. The van der Waals surface area contributed by atoms with Crippen LogP contribution in [0.3, 0.4) is 0 Å². The smallest absolute Gasteiger partial charge is 0.0883 e. The lowest BCUT2D eigenvalue weighted by molar-refractivity contribution is 0.412. The maximum absolute atomic E-state index is 4.34. The fourth-order valence-electron chi connectivity index (χ4n) is 2.12. The van der Waals surface area contributed by atoms with Gasteiger partial charge in [0.1, 0.15) is 0 Å². The minimum Gasteiger partial charge on any atom is -0.250 e. The molecule has 98 valence electrons. The van der Waals surface area contributed by atoms with Gasteiger partial charge in [-0.2, -0.15) is 0 Å². The van der Waals surface area contributed by atoms with Gasteiger partial charge in [-0.3, -0.25) is 0 Å². The highest BCUT2D eigenvalue weighted by molar-refractivity contribution is 7.38. The molecule has 1 heterocycles. The first-order valence-electron chi connectivity index (χ1n) is 6.29. The Labute approximate surface area is 107 Å². The summed E-state index contributed by atoms with van der Waals surface area (Å²) in [5.41, 5.74) is 1.21. The molecule has 1 rings (SSSR count). The van der Waals surface area contributed by atoms with Crippen LogP contribution in [0.1, 0.15) is 59.7 Å². The number of aromatic nitrogens is 3. The molecule has 1 atom stereocenters. The summed E-state index contributed by atoms with van der Waals surface area (Å²) in [4.78, 5) is 0. The lowest BCUT2D eigenvalue weighted by atomic mass is 9.81. The van der Waals surface area contributed by atoms with Crippen molar-refractivity contribution < 1.29 is 0 Å². The highest BCUT2D eigenvalue weighted by Gasteiger charge is 2.31. The molecule has 1 unspecified atom stereocenters. The average molecular weight is 255 g/mol. The Hall–Kier alpha value is -0.430. The van der Waals surface area contributed by atoms with Gasteiger partial charge in [-0.15, -0.1) is 13.7 Å². The molecule has 3 nitrogen and oxygen atoms in total. The Morgan fingerprint density at radius 2 is 1.88 bits per heavy atom. The van der Waals surface area contributed by atoms with Crippen LogP contribution in [0.4, 0.5) is 0 Å². The molecule has 0 amide bonds. The van der Waals surface area contributed by atoms with E-state index < -0.39 is 0 Å². The zero-order valence-electron chi connectivity index (χ0n) is 12.2. The Kier molecular flexibility index (Phi) is 4.35. The largest absolute Gasteiger partial charge is 0.250 e. The van der Waals surface area contributed by atoms with E-state index in [-0.39, 0.29) is 5.41 Å². The van der Waals surface area contributed by atoms with Crippen molar-refractivity contribution in [2.24, 2.45) is 0 Å². The van der Waals surface area contributed by atoms with Crippen LogP contribution in [0.2, 0.25) is 0 Å². The molecule has 0 bridgehead atoms. The third-order valence-electron chi connectivity index (χ3n) is 3.29. The lowest BCUT2D eigenvalue weighted by Gasteiger charge is -2.32. The van der Waals surface area contributed by atoms with Gasteiger partial charge in [0.25, 0.3) is 0 Å². The molecule has 1 aromatic rings. The van der Waals surface area contributed by atoms with Crippen LogP contribution in [0.5, 0.6) is 0 Å². The van der Waals surface area contributed by atoms with Gasteiger partial charge in [0.05, 0.1) is 5.69 Å². The number of rotatable bonds is 5. The summed E-state index contributed by atoms with van der Waals surface area (Å²) in [5, 5.41) is 8.93. The Morgan fingerprint density at radius 1 is 1.29 bits per heavy atom. The molecule has 0 aliphatic heterocycles. The third-order valence-corrected chi connectivity index (χ3v) is 4.82. The van der Waals surface area contributed by atoms with Crippen LogP contribution in [-0.2, 0) is 5.41 Å². The van der Waals surface area contributed by atoms with Crippen LogP contribution < -0.4 is 0 Å². The van der Waals surface area contributed by atoms with Crippen molar-refractivity contribution in [3.8, 4) is 0 Å². The summed E-state index contributed by atoms with van der Waals surface area (Å²) < 4.78 is 1.94. The lowest BCUT2D eigenvalue weighted by Crippen LogP contribution is -2.28. The molecular formula is C13H26N3P. The van der Waals surface area contributed by atoms with Gasteiger partial charge < -0.3 is 0 Å². The second-order valence-electron chi connectivity index (χ2n) is 6.37. The van der Waals surface area contributed by atoms with Crippen LogP contribution >= 0.6 is 8.58 Å². The summed E-state index contributed by atoms with van der Waals surface area (Å²) >= 11 is 0. The monoisotopic (exact) mass is 255 g/mol. The van der Waals surface area contributed by atoms with E-state index in [1.807, 2.05) is 4.68 Å². The third kappa shape index (κ3) is 3.77. The van der Waals surface area contributed by atoms with E-state index in [4.69, 9.17) is 0 Å². The van der Waals surface area contributed by atoms with Gasteiger partial charge in [-0.05, 0) is 32.1 Å². The molecule has 0 aromatic carbocycles. The minimum absolute atomic E-state index is 0.0969. The molecule has 0 spiro atoms. The number of hydrogen-bond donors (Lipinski definition) is 0. The fourth-order valence-corrected chi connectivity index (χ4v) is 2.74. The maximum atomic E-state index is 4.34. The van der Waals surface area contributed by atoms with Crippen molar-refractivity contribution >= 4 is 8.58 Å². The van der Waals surface area contributed by atoms with Crippen LogP contribution in [0.15, 0.2) is 6.20 Å². The summed E-state index contributed by atoms with van der Waals surface area (Å²) in [5.74, 6) is 0. The van der Waals surface area contributed by atoms with Gasteiger partial charge in [-0.1, -0.05) is 32.9 Å². The molecular weight excluding hydrogens is 229 g/mol. The van der Waals surface area contributed by atoms with Crippen molar-refractivity contribution in [1.29, 1.82) is 0 Å². The predicted molar refractivity (Wildman–Crippen MR) is 76.4 cm³/mol. The van der Waals surface area contributed by atoms with E-state index in [1.165, 1.54) is 0 Å². The fraction of sp³-hybridized carbons (Fsp3) is 0.846. The molecule has 4 heteroatoms. The molecule has 0 radical (unpaired) electrons. The number of nitrogens with zero attached hydrogens (tertiary/aromatic N) is 3. The van der Waals surface area contributed by atoms with E-state index in [2.05, 4.69) is 64.7 Å². The molecule has 17 heavy (non-hydrogen) atoms. The van der Waals surface area contributed by atoms with Crippen molar-refractivity contribution in [2.75, 3.05) is 6.66 Å². The summed E-state index contributed by atoms with van der Waals surface area (Å²) in [7, 11) is 0.950. The molecule has 0 fully saturated rings. The topological polar surface area (TPSA) is 30.7 Å². The van der Waals surface area contributed by atoms with Crippen molar-refractivity contribution in [3.05, 3.63) is 11.9 Å². The van der Waals surface area contributed by atoms with Crippen molar-refractivity contribution in [2.45, 2.75) is 64.6 Å². The maximum Gasteiger partial charge on any atom is 0.0883 e. The number of hydrogen-bond acceptors (Lipinski definition) is 2. The molecule has 0 saturated heterocycles. The predicted octanol–water partition coefficient (Wildman–Crippen LogP) is 3.61. The van der Waals surface area contributed by atoms with Gasteiger partial charge in [0.2, 0.25) is 0 Å². The van der Waals surface area contributed by atoms with Crippen LogP contribution in [0.25, 0.3) is 0 Å². The Morgan fingerprint density at radius 3 is 2.29 bits per heavy atom. The quantitative estimate of drug-likeness (QED) is 0.752.